The van der Waals surface area contributed by atoms with Gasteiger partial charge in [-0.3, -0.25) is 4.79 Å². The van der Waals surface area contributed by atoms with Gasteiger partial charge >= 0.3 is 0 Å². The normalized spacial score (nSPS) is 20.9. The maximum absolute atomic E-state index is 13.1. The van der Waals surface area contributed by atoms with Crippen LogP contribution in [0.5, 0.6) is 0 Å². The monoisotopic (exact) mass is 491 g/mol. The Morgan fingerprint density at radius 2 is 1.57 bits per heavy atom. The molecule has 1 amide bonds. The summed E-state index contributed by atoms with van der Waals surface area (Å²) in [5.41, 5.74) is 1.18. The van der Waals surface area contributed by atoms with Crippen molar-refractivity contribution in [2.75, 3.05) is 44.2 Å². The zero-order chi connectivity index (χ0) is 21.1. The molecule has 4 rings (SSSR count). The first-order valence-electron chi connectivity index (χ1n) is 10.3. The van der Waals surface area contributed by atoms with E-state index in [1.807, 2.05) is 23.1 Å². The lowest BCUT2D eigenvalue weighted by Gasteiger charge is -2.39. The Hall–Kier alpha value is -1.90. The molecule has 2 saturated heterocycles. The van der Waals surface area contributed by atoms with Crippen LogP contribution in [0.3, 0.4) is 0 Å². The molecule has 2 aromatic carbocycles. The van der Waals surface area contributed by atoms with Crippen LogP contribution in [0, 0.1) is 5.92 Å². The van der Waals surface area contributed by atoms with Crippen LogP contribution in [0.25, 0.3) is 0 Å². The van der Waals surface area contributed by atoms with Crippen molar-refractivity contribution >= 4 is 37.5 Å². The smallest absolute Gasteiger partial charge is 0.243 e. The molecule has 8 heteroatoms. The molecule has 0 spiro atoms. The number of amides is 1. The molecule has 0 aliphatic carbocycles. The van der Waals surface area contributed by atoms with Crippen molar-refractivity contribution in [3.05, 3.63) is 59.1 Å². The Morgan fingerprint density at radius 3 is 2.23 bits per heavy atom. The maximum Gasteiger partial charge on any atom is 0.243 e. The molecule has 2 fully saturated rings. The number of hydrogen-bond acceptors (Lipinski definition) is 4. The first kappa shape index (κ1) is 21.3. The third-order valence-corrected chi connectivity index (χ3v) is 8.31. The highest BCUT2D eigenvalue weighted by molar-refractivity contribution is 9.10. The summed E-state index contributed by atoms with van der Waals surface area (Å²) in [6.45, 7) is 3.65. The van der Waals surface area contributed by atoms with Crippen molar-refractivity contribution in [3.63, 3.8) is 0 Å². The Kier molecular flexibility index (Phi) is 6.46. The van der Waals surface area contributed by atoms with Gasteiger partial charge in [0.2, 0.25) is 15.9 Å². The van der Waals surface area contributed by atoms with Crippen LogP contribution in [0.1, 0.15) is 12.8 Å². The minimum absolute atomic E-state index is 0.0819. The first-order chi connectivity index (χ1) is 14.4. The van der Waals surface area contributed by atoms with E-state index in [0.717, 1.165) is 24.0 Å². The Labute approximate surface area is 186 Å². The van der Waals surface area contributed by atoms with Gasteiger partial charge in [-0.2, -0.15) is 4.31 Å². The van der Waals surface area contributed by atoms with Crippen LogP contribution in [-0.4, -0.2) is 62.8 Å². The molecular formula is C22H26BrN3O3S. The number of anilines is 1. The van der Waals surface area contributed by atoms with Crippen LogP contribution in [-0.2, 0) is 14.8 Å². The topological polar surface area (TPSA) is 60.9 Å². The molecule has 0 bridgehead atoms. The van der Waals surface area contributed by atoms with E-state index in [0.29, 0.717) is 26.1 Å². The van der Waals surface area contributed by atoms with Gasteiger partial charge in [-0.15, -0.1) is 0 Å². The zero-order valence-electron chi connectivity index (χ0n) is 16.8. The van der Waals surface area contributed by atoms with Gasteiger partial charge in [0.25, 0.3) is 0 Å². The van der Waals surface area contributed by atoms with Crippen LogP contribution < -0.4 is 4.90 Å². The average molecular weight is 492 g/mol. The number of carbonyl (C=O) groups is 1. The summed E-state index contributed by atoms with van der Waals surface area (Å²) < 4.78 is 28.4. The van der Waals surface area contributed by atoms with E-state index in [1.54, 1.807) is 24.3 Å². The minimum atomic E-state index is -3.59. The molecule has 1 atom stereocenters. The Morgan fingerprint density at radius 1 is 0.900 bits per heavy atom. The number of sulfonamides is 1. The number of rotatable bonds is 4. The molecular weight excluding hydrogens is 466 g/mol. The van der Waals surface area contributed by atoms with Crippen molar-refractivity contribution in [1.82, 2.24) is 9.21 Å². The van der Waals surface area contributed by atoms with Crippen LogP contribution >= 0.6 is 15.9 Å². The molecule has 2 heterocycles. The fourth-order valence-corrected chi connectivity index (χ4v) is 5.99. The summed E-state index contributed by atoms with van der Waals surface area (Å²) in [5.74, 6) is -0.189. The highest BCUT2D eigenvalue weighted by Gasteiger charge is 2.35. The highest BCUT2D eigenvalue weighted by atomic mass is 79.9. The summed E-state index contributed by atoms with van der Waals surface area (Å²) in [7, 11) is -3.59. The Bertz CT molecular complexity index is 974. The van der Waals surface area contributed by atoms with Gasteiger partial charge in [-0.05, 0) is 49.2 Å². The SMILES string of the molecule is O=C(C1CCCN(S(=O)(=O)c2ccc(Br)cc2)C1)N1CCN(c2ccccc2)CC1. The maximum atomic E-state index is 13.1. The van der Waals surface area contributed by atoms with Gasteiger partial charge in [-0.1, -0.05) is 34.1 Å². The van der Waals surface area contributed by atoms with Crippen LogP contribution in [0.15, 0.2) is 64.0 Å². The first-order valence-corrected chi connectivity index (χ1v) is 12.5. The predicted molar refractivity (Wildman–Crippen MR) is 121 cm³/mol. The second-order valence-corrected chi connectivity index (χ2v) is 10.7. The quantitative estimate of drug-likeness (QED) is 0.658. The Balaban J connectivity index is 1.39. The van der Waals surface area contributed by atoms with Crippen LogP contribution in [0.2, 0.25) is 0 Å². The van der Waals surface area contributed by atoms with E-state index in [-0.39, 0.29) is 23.3 Å². The molecule has 6 nitrogen and oxygen atoms in total. The largest absolute Gasteiger partial charge is 0.368 e. The summed E-state index contributed by atoms with van der Waals surface area (Å²) in [4.78, 5) is 17.6. The van der Waals surface area contributed by atoms with E-state index >= 15 is 0 Å². The predicted octanol–water partition coefficient (Wildman–Crippen LogP) is 3.20. The summed E-state index contributed by atoms with van der Waals surface area (Å²) >= 11 is 3.34. The number of hydrogen-bond donors (Lipinski definition) is 0. The fourth-order valence-electron chi connectivity index (χ4n) is 4.20. The molecule has 2 aromatic rings. The summed E-state index contributed by atoms with van der Waals surface area (Å²) in [6, 6.07) is 16.9. The number of halogens is 1. The van der Waals surface area contributed by atoms with Gasteiger partial charge in [0.15, 0.2) is 0 Å². The van der Waals surface area contributed by atoms with E-state index in [2.05, 4.69) is 33.0 Å². The van der Waals surface area contributed by atoms with Gasteiger partial charge < -0.3 is 9.80 Å². The molecule has 0 saturated carbocycles. The molecule has 0 N–H and O–H groups in total. The van der Waals surface area contributed by atoms with Crippen molar-refractivity contribution < 1.29 is 13.2 Å². The summed E-state index contributed by atoms with van der Waals surface area (Å²) in [6.07, 6.45) is 1.44. The average Bonchev–Trinajstić information content (AvgIpc) is 2.80. The molecule has 2 aliphatic rings. The van der Waals surface area contributed by atoms with Crippen molar-refractivity contribution in [2.45, 2.75) is 17.7 Å². The standard InChI is InChI=1S/C22H26BrN3O3S/c23-19-8-10-21(11-9-19)30(28,29)26-12-4-5-18(17-26)22(27)25-15-13-24(14-16-25)20-6-2-1-3-7-20/h1-3,6-11,18H,4-5,12-17H2. The molecule has 0 aromatic heterocycles. The molecule has 2 aliphatic heterocycles. The number of para-hydroxylation sites is 1. The molecule has 30 heavy (non-hydrogen) atoms. The second kappa shape index (κ2) is 9.08. The number of piperidine rings is 1. The molecule has 160 valence electrons. The second-order valence-electron chi connectivity index (χ2n) is 7.80. The van der Waals surface area contributed by atoms with Gasteiger partial charge in [0.1, 0.15) is 0 Å². The lowest BCUT2D eigenvalue weighted by atomic mass is 9.97. The lowest BCUT2D eigenvalue weighted by molar-refractivity contribution is -0.137. The molecule has 1 unspecified atom stereocenters. The van der Waals surface area contributed by atoms with Crippen molar-refractivity contribution in [2.24, 2.45) is 5.92 Å². The summed E-state index contributed by atoms with van der Waals surface area (Å²) in [5, 5.41) is 0. The van der Waals surface area contributed by atoms with E-state index < -0.39 is 10.0 Å². The minimum Gasteiger partial charge on any atom is -0.368 e. The van der Waals surface area contributed by atoms with Crippen LogP contribution in [0.4, 0.5) is 5.69 Å². The van der Waals surface area contributed by atoms with E-state index in [4.69, 9.17) is 0 Å². The van der Waals surface area contributed by atoms with Crippen molar-refractivity contribution in [1.29, 1.82) is 0 Å². The van der Waals surface area contributed by atoms with Gasteiger partial charge in [0.05, 0.1) is 10.8 Å². The van der Waals surface area contributed by atoms with Gasteiger partial charge in [-0.25, -0.2) is 8.42 Å². The highest BCUT2D eigenvalue weighted by Crippen LogP contribution is 2.26. The fraction of sp³-hybridized carbons (Fsp3) is 0.409. The number of piperazine rings is 1. The number of nitrogens with zero attached hydrogens (tertiary/aromatic N) is 3. The molecule has 0 radical (unpaired) electrons. The van der Waals surface area contributed by atoms with Gasteiger partial charge in [0, 0.05) is 49.4 Å². The van der Waals surface area contributed by atoms with E-state index in [1.165, 1.54) is 9.99 Å². The zero-order valence-corrected chi connectivity index (χ0v) is 19.2. The lowest BCUT2D eigenvalue weighted by Crippen LogP contribution is -2.53. The third-order valence-electron chi connectivity index (χ3n) is 5.90. The number of carbonyl (C=O) groups excluding carboxylic acids is 1. The van der Waals surface area contributed by atoms with Crippen molar-refractivity contribution in [3.8, 4) is 0 Å². The third kappa shape index (κ3) is 4.55. The van der Waals surface area contributed by atoms with E-state index in [9.17, 15) is 13.2 Å². The number of benzene rings is 2.